The molecule has 0 fully saturated rings. The summed E-state index contributed by atoms with van der Waals surface area (Å²) in [5, 5.41) is 23.3. The van der Waals surface area contributed by atoms with Crippen molar-refractivity contribution in [2.75, 3.05) is 18.5 Å². The minimum absolute atomic E-state index is 0.00266. The van der Waals surface area contributed by atoms with E-state index in [2.05, 4.69) is 10.6 Å². The molecule has 0 aliphatic heterocycles. The van der Waals surface area contributed by atoms with Crippen molar-refractivity contribution in [3.63, 3.8) is 0 Å². The number of para-hydroxylation sites is 1. The van der Waals surface area contributed by atoms with Gasteiger partial charge in [0.1, 0.15) is 12.4 Å². The molecule has 0 radical (unpaired) electrons. The molecule has 3 aromatic rings. The molecule has 0 saturated heterocycles. The molecule has 1 aliphatic rings. The maximum absolute atomic E-state index is 14.5. The number of halogens is 1. The van der Waals surface area contributed by atoms with Crippen LogP contribution in [0.2, 0.25) is 0 Å². The van der Waals surface area contributed by atoms with E-state index in [1.807, 2.05) is 48.5 Å². The van der Waals surface area contributed by atoms with Crippen LogP contribution in [0.3, 0.4) is 0 Å². The fourth-order valence-electron chi connectivity index (χ4n) is 4.00. The summed E-state index contributed by atoms with van der Waals surface area (Å²) in [4.78, 5) is 36.2. The smallest absolute Gasteiger partial charge is 0.411 e. The largest absolute Gasteiger partial charge is 0.479 e. The van der Waals surface area contributed by atoms with Crippen molar-refractivity contribution in [1.82, 2.24) is 5.32 Å². The molecule has 180 valence electrons. The Kier molecular flexibility index (Phi) is 6.52. The molecule has 1 aliphatic carbocycles. The highest BCUT2D eigenvalue weighted by molar-refractivity contribution is 6.03. The fraction of sp³-hybridized carbons (Fsp3) is 0.192. The molecule has 35 heavy (non-hydrogen) atoms. The lowest BCUT2D eigenvalue weighted by Crippen LogP contribution is -2.46. The number of carboxylic acids is 1. The van der Waals surface area contributed by atoms with Crippen molar-refractivity contribution in [3.8, 4) is 11.1 Å². The van der Waals surface area contributed by atoms with Gasteiger partial charge in [0.2, 0.25) is 0 Å². The van der Waals surface area contributed by atoms with Crippen molar-refractivity contribution < 1.29 is 33.7 Å². The highest BCUT2D eigenvalue weighted by atomic mass is 19.1. The summed E-state index contributed by atoms with van der Waals surface area (Å²) in [6.45, 7) is 0.385. The minimum Gasteiger partial charge on any atom is -0.479 e. The maximum Gasteiger partial charge on any atom is 0.411 e. The van der Waals surface area contributed by atoms with Crippen molar-refractivity contribution in [2.45, 2.75) is 18.4 Å². The molecule has 2 amide bonds. The monoisotopic (exact) mass is 478 g/mol. The van der Waals surface area contributed by atoms with Crippen LogP contribution in [0, 0.1) is 5.82 Å². The van der Waals surface area contributed by atoms with Crippen LogP contribution in [0.5, 0.6) is 0 Å². The van der Waals surface area contributed by atoms with Crippen LogP contribution in [0.25, 0.3) is 11.1 Å². The van der Waals surface area contributed by atoms with Crippen LogP contribution in [-0.2, 0) is 9.53 Å². The predicted octanol–water partition coefficient (Wildman–Crippen LogP) is 3.75. The number of anilines is 1. The summed E-state index contributed by atoms with van der Waals surface area (Å²) in [6.07, 6.45) is -0.955. The first kappa shape index (κ1) is 23.9. The number of carbonyl (C=O) groups excluding carboxylic acids is 2. The zero-order valence-electron chi connectivity index (χ0n) is 18.7. The lowest BCUT2D eigenvalue weighted by atomic mass is 9.98. The molecular formula is C26H23FN2O6. The van der Waals surface area contributed by atoms with Gasteiger partial charge in [0.05, 0.1) is 17.8 Å². The second kappa shape index (κ2) is 9.55. The van der Waals surface area contributed by atoms with E-state index in [0.717, 1.165) is 35.2 Å². The molecule has 0 heterocycles. The Bertz CT molecular complexity index is 1260. The SMILES string of the molecule is CC(O)(CNC(=O)c1cccc(F)c1NC(=O)OCC1c2ccccc2-c2ccccc21)C(=O)O. The molecule has 4 N–H and O–H groups in total. The summed E-state index contributed by atoms with van der Waals surface area (Å²) >= 11 is 0. The van der Waals surface area contributed by atoms with Crippen LogP contribution in [0.4, 0.5) is 14.9 Å². The van der Waals surface area contributed by atoms with E-state index in [-0.39, 0.29) is 18.1 Å². The van der Waals surface area contributed by atoms with E-state index in [1.165, 1.54) is 12.1 Å². The lowest BCUT2D eigenvalue weighted by molar-refractivity contribution is -0.155. The number of hydrogen-bond acceptors (Lipinski definition) is 5. The number of aliphatic hydroxyl groups is 1. The quantitative estimate of drug-likeness (QED) is 0.410. The summed E-state index contributed by atoms with van der Waals surface area (Å²) < 4.78 is 19.9. The van der Waals surface area contributed by atoms with Crippen molar-refractivity contribution in [1.29, 1.82) is 0 Å². The Balaban J connectivity index is 1.47. The number of carboxylic acid groups (broad SMARTS) is 1. The zero-order valence-corrected chi connectivity index (χ0v) is 18.7. The van der Waals surface area contributed by atoms with Gasteiger partial charge in [0.25, 0.3) is 5.91 Å². The lowest BCUT2D eigenvalue weighted by Gasteiger charge is -2.19. The fourth-order valence-corrected chi connectivity index (χ4v) is 4.00. The Morgan fingerprint density at radius 3 is 2.17 bits per heavy atom. The van der Waals surface area contributed by atoms with Gasteiger partial charge in [-0.05, 0) is 41.3 Å². The number of amides is 2. The number of fused-ring (bicyclic) bond motifs is 3. The van der Waals surface area contributed by atoms with Gasteiger partial charge >= 0.3 is 12.1 Å². The van der Waals surface area contributed by atoms with Gasteiger partial charge in [-0.2, -0.15) is 0 Å². The third-order valence-corrected chi connectivity index (χ3v) is 5.88. The number of benzene rings is 3. The van der Waals surface area contributed by atoms with E-state index in [1.54, 1.807) is 0 Å². The summed E-state index contributed by atoms with van der Waals surface area (Å²) in [5.74, 6) is -3.49. The summed E-state index contributed by atoms with van der Waals surface area (Å²) in [7, 11) is 0. The molecular weight excluding hydrogens is 455 g/mol. The maximum atomic E-state index is 14.5. The number of aliphatic carboxylic acids is 1. The first-order chi connectivity index (χ1) is 16.7. The summed E-state index contributed by atoms with van der Waals surface area (Å²) in [6, 6.07) is 19.2. The second-order valence-corrected chi connectivity index (χ2v) is 8.37. The highest BCUT2D eigenvalue weighted by Crippen LogP contribution is 2.44. The molecule has 1 atom stereocenters. The Hall–Kier alpha value is -4.24. The molecule has 8 nitrogen and oxygen atoms in total. The first-order valence-corrected chi connectivity index (χ1v) is 10.8. The van der Waals surface area contributed by atoms with Gasteiger partial charge in [-0.3, -0.25) is 10.1 Å². The first-order valence-electron chi connectivity index (χ1n) is 10.8. The van der Waals surface area contributed by atoms with Crippen molar-refractivity contribution in [2.24, 2.45) is 0 Å². The van der Waals surface area contributed by atoms with E-state index >= 15 is 0 Å². The molecule has 9 heteroatoms. The van der Waals surface area contributed by atoms with E-state index < -0.39 is 41.6 Å². The standard InChI is InChI=1S/C26H23FN2O6/c1-26(34,24(31)32)14-28-23(30)19-11-6-12-21(27)22(19)29-25(33)35-13-20-17-9-4-2-7-15(17)16-8-3-5-10-18(16)20/h2-12,20,34H,13-14H2,1H3,(H,28,30)(H,29,33)(H,31,32). The Morgan fingerprint density at radius 1 is 0.971 bits per heavy atom. The van der Waals surface area contributed by atoms with E-state index in [9.17, 15) is 23.9 Å². The molecule has 1 unspecified atom stereocenters. The van der Waals surface area contributed by atoms with Gasteiger partial charge in [-0.25, -0.2) is 14.0 Å². The van der Waals surface area contributed by atoms with Crippen LogP contribution in [0.15, 0.2) is 66.7 Å². The third kappa shape index (κ3) is 4.85. The predicted molar refractivity (Wildman–Crippen MR) is 126 cm³/mol. The van der Waals surface area contributed by atoms with Crippen molar-refractivity contribution >= 4 is 23.7 Å². The van der Waals surface area contributed by atoms with Crippen LogP contribution in [0.1, 0.15) is 34.3 Å². The van der Waals surface area contributed by atoms with Gasteiger partial charge in [-0.1, -0.05) is 54.6 Å². The number of carbonyl (C=O) groups is 3. The second-order valence-electron chi connectivity index (χ2n) is 8.37. The number of rotatable bonds is 7. The molecule has 0 spiro atoms. The van der Waals surface area contributed by atoms with Crippen LogP contribution in [-0.4, -0.2) is 46.9 Å². The van der Waals surface area contributed by atoms with Crippen LogP contribution >= 0.6 is 0 Å². The average molecular weight is 478 g/mol. The van der Waals surface area contributed by atoms with Crippen LogP contribution < -0.4 is 10.6 Å². The Labute approximate surface area is 200 Å². The molecule has 3 aromatic carbocycles. The zero-order chi connectivity index (χ0) is 25.2. The summed E-state index contributed by atoms with van der Waals surface area (Å²) in [5.41, 5.74) is 1.25. The molecule has 0 bridgehead atoms. The van der Waals surface area contributed by atoms with E-state index in [4.69, 9.17) is 9.84 Å². The van der Waals surface area contributed by atoms with Gasteiger partial charge in [0.15, 0.2) is 5.60 Å². The van der Waals surface area contributed by atoms with E-state index in [0.29, 0.717) is 0 Å². The number of hydrogen-bond donors (Lipinski definition) is 4. The Morgan fingerprint density at radius 2 is 1.57 bits per heavy atom. The third-order valence-electron chi connectivity index (χ3n) is 5.88. The van der Waals surface area contributed by atoms with Gasteiger partial charge in [0, 0.05) is 5.92 Å². The normalized spacial score (nSPS) is 13.8. The molecule has 0 aromatic heterocycles. The molecule has 0 saturated carbocycles. The highest BCUT2D eigenvalue weighted by Gasteiger charge is 2.31. The van der Waals surface area contributed by atoms with Crippen molar-refractivity contribution in [3.05, 3.63) is 89.2 Å². The van der Waals surface area contributed by atoms with Gasteiger partial charge in [-0.15, -0.1) is 0 Å². The topological polar surface area (TPSA) is 125 Å². The van der Waals surface area contributed by atoms with Gasteiger partial charge < -0.3 is 20.3 Å². The minimum atomic E-state index is -2.22. The average Bonchev–Trinajstić information content (AvgIpc) is 3.16. The number of ether oxygens (including phenoxy) is 1. The number of nitrogens with one attached hydrogen (secondary N) is 2. The molecule has 4 rings (SSSR count).